The Morgan fingerprint density at radius 1 is 1.33 bits per heavy atom. The van der Waals surface area contributed by atoms with Crippen LogP contribution in [0.3, 0.4) is 0 Å². The lowest BCUT2D eigenvalue weighted by atomic mass is 10.2. The number of ketones is 2. The molecule has 0 amide bonds. The van der Waals surface area contributed by atoms with Gasteiger partial charge in [-0.25, -0.2) is 0 Å². The van der Waals surface area contributed by atoms with E-state index in [-0.39, 0.29) is 16.9 Å². The van der Waals surface area contributed by atoms with Gasteiger partial charge in [0.1, 0.15) is 0 Å². The van der Waals surface area contributed by atoms with E-state index in [1.54, 1.807) is 0 Å². The molecule has 0 saturated heterocycles. The monoisotopic (exact) mass is 313 g/mol. The molecule has 1 unspecified atom stereocenters. The third-order valence-corrected chi connectivity index (χ3v) is 4.48. The molecule has 0 spiro atoms. The fraction of sp³-hybridized carbons (Fsp3) is 0.500. The molecule has 6 nitrogen and oxygen atoms in total. The maximum absolute atomic E-state index is 12.1. The molecule has 0 aliphatic rings. The predicted octanol–water partition coefficient (Wildman–Crippen LogP) is 0.959. The van der Waals surface area contributed by atoms with E-state index in [4.69, 9.17) is 4.74 Å². The number of pyridine rings is 1. The maximum atomic E-state index is 12.1. The highest BCUT2D eigenvalue weighted by Gasteiger charge is 2.26. The number of carbonyl (C=O) groups excluding carboxylic acids is 2. The van der Waals surface area contributed by atoms with Crippen LogP contribution in [0.4, 0.5) is 0 Å². The van der Waals surface area contributed by atoms with Crippen LogP contribution in [0, 0.1) is 0 Å². The second kappa shape index (κ2) is 7.87. The minimum atomic E-state index is -1.70. The summed E-state index contributed by atoms with van der Waals surface area (Å²) >= 11 is 0. The van der Waals surface area contributed by atoms with Crippen LogP contribution < -0.4 is 10.2 Å². The second-order valence-corrected chi connectivity index (χ2v) is 6.18. The molecule has 1 N–H and O–H groups in total. The largest absolute Gasteiger partial charge is 0.488 e. The standard InChI is InChI=1S/C14H19NO5S/c1-4-5-20-13-7-15-11(6-12(13)18)8-21(19)14(9(2)16)10(3)17/h6-7,14H,4-5,8H2,1-3H3,(H,15,18). The van der Waals surface area contributed by atoms with Crippen molar-refractivity contribution in [1.82, 2.24) is 4.98 Å². The number of aromatic nitrogens is 1. The molecule has 0 radical (unpaired) electrons. The summed E-state index contributed by atoms with van der Waals surface area (Å²) in [6.45, 7) is 4.82. The molecule has 1 heterocycles. The van der Waals surface area contributed by atoms with E-state index in [0.717, 1.165) is 6.42 Å². The Morgan fingerprint density at radius 3 is 2.43 bits per heavy atom. The third-order valence-electron chi connectivity index (χ3n) is 2.70. The molecular formula is C14H19NO5S. The zero-order chi connectivity index (χ0) is 16.0. The summed E-state index contributed by atoms with van der Waals surface area (Å²) in [5.41, 5.74) is 0.0751. The number of hydrogen-bond acceptors (Lipinski definition) is 5. The number of Topliss-reactive ketones (excluding diaryl/α,β-unsaturated/α-hetero) is 2. The molecular weight excluding hydrogens is 294 g/mol. The fourth-order valence-corrected chi connectivity index (χ4v) is 3.18. The van der Waals surface area contributed by atoms with E-state index in [9.17, 15) is 18.6 Å². The van der Waals surface area contributed by atoms with Crippen molar-refractivity contribution in [2.45, 2.75) is 38.2 Å². The van der Waals surface area contributed by atoms with Crippen LogP contribution in [-0.2, 0) is 26.1 Å². The van der Waals surface area contributed by atoms with Gasteiger partial charge in [0.25, 0.3) is 0 Å². The van der Waals surface area contributed by atoms with Gasteiger partial charge in [-0.15, -0.1) is 0 Å². The van der Waals surface area contributed by atoms with Crippen LogP contribution in [0.5, 0.6) is 5.75 Å². The highest BCUT2D eigenvalue weighted by molar-refractivity contribution is 7.86. The van der Waals surface area contributed by atoms with Crippen molar-refractivity contribution in [1.29, 1.82) is 0 Å². The van der Waals surface area contributed by atoms with Crippen LogP contribution in [0.15, 0.2) is 17.1 Å². The highest BCUT2D eigenvalue weighted by atomic mass is 32.2. The SMILES string of the molecule is CCCOc1c[nH]c(CS(=O)C(C(C)=O)C(C)=O)cc1=O. The number of H-pyrrole nitrogens is 1. The Hall–Kier alpha value is -1.76. The highest BCUT2D eigenvalue weighted by Crippen LogP contribution is 2.09. The summed E-state index contributed by atoms with van der Waals surface area (Å²) in [5.74, 6) is -0.745. The fourth-order valence-electron chi connectivity index (χ4n) is 1.80. The smallest absolute Gasteiger partial charge is 0.223 e. The summed E-state index contributed by atoms with van der Waals surface area (Å²) in [6.07, 6.45) is 2.19. The van der Waals surface area contributed by atoms with Crippen molar-refractivity contribution in [2.75, 3.05) is 6.61 Å². The summed E-state index contributed by atoms with van der Waals surface area (Å²) in [7, 11) is -1.70. The summed E-state index contributed by atoms with van der Waals surface area (Å²) < 4.78 is 17.3. The minimum Gasteiger partial charge on any atom is -0.488 e. The van der Waals surface area contributed by atoms with Crippen molar-refractivity contribution < 1.29 is 18.5 Å². The van der Waals surface area contributed by atoms with E-state index >= 15 is 0 Å². The van der Waals surface area contributed by atoms with E-state index < -0.39 is 27.6 Å². The van der Waals surface area contributed by atoms with Gasteiger partial charge in [0.15, 0.2) is 22.6 Å². The molecule has 116 valence electrons. The van der Waals surface area contributed by atoms with Crippen LogP contribution >= 0.6 is 0 Å². The van der Waals surface area contributed by atoms with Crippen molar-refractivity contribution in [3.05, 3.63) is 28.2 Å². The number of aromatic amines is 1. The number of nitrogens with one attached hydrogen (secondary N) is 1. The number of carbonyl (C=O) groups is 2. The minimum absolute atomic E-state index is 0.0624. The van der Waals surface area contributed by atoms with Crippen LogP contribution in [0.25, 0.3) is 0 Å². The maximum Gasteiger partial charge on any atom is 0.223 e. The molecule has 1 atom stereocenters. The first-order valence-electron chi connectivity index (χ1n) is 6.59. The summed E-state index contributed by atoms with van der Waals surface area (Å²) in [6, 6.07) is 1.28. The van der Waals surface area contributed by atoms with E-state index in [1.165, 1.54) is 26.1 Å². The normalized spacial score (nSPS) is 12.2. The summed E-state index contributed by atoms with van der Waals surface area (Å²) in [4.78, 5) is 37.3. The Balaban J connectivity index is 2.86. The van der Waals surface area contributed by atoms with Gasteiger partial charge in [-0.05, 0) is 20.3 Å². The number of rotatable bonds is 8. The van der Waals surface area contributed by atoms with Crippen molar-refractivity contribution in [3.8, 4) is 5.75 Å². The molecule has 7 heteroatoms. The van der Waals surface area contributed by atoms with Crippen molar-refractivity contribution >= 4 is 22.4 Å². The quantitative estimate of drug-likeness (QED) is 0.722. The Morgan fingerprint density at radius 2 is 1.95 bits per heavy atom. The van der Waals surface area contributed by atoms with Gasteiger partial charge >= 0.3 is 0 Å². The molecule has 0 aliphatic heterocycles. The Labute approximate surface area is 125 Å². The second-order valence-electron chi connectivity index (χ2n) is 4.66. The molecule has 0 aliphatic carbocycles. The first-order chi connectivity index (χ1) is 9.86. The average Bonchev–Trinajstić information content (AvgIpc) is 2.36. The van der Waals surface area contributed by atoms with Crippen LogP contribution in [0.2, 0.25) is 0 Å². The topological polar surface area (TPSA) is 93.3 Å². The zero-order valence-corrected chi connectivity index (χ0v) is 13.1. The Kier molecular flexibility index (Phi) is 6.48. The van der Waals surface area contributed by atoms with Crippen molar-refractivity contribution in [2.24, 2.45) is 0 Å². The average molecular weight is 313 g/mol. The molecule has 0 bridgehead atoms. The number of ether oxygens (including phenoxy) is 1. The summed E-state index contributed by atoms with van der Waals surface area (Å²) in [5, 5.41) is -1.15. The zero-order valence-electron chi connectivity index (χ0n) is 12.3. The third kappa shape index (κ3) is 4.93. The molecule has 1 aromatic heterocycles. The van der Waals surface area contributed by atoms with Gasteiger partial charge in [-0.1, -0.05) is 6.92 Å². The first-order valence-corrected chi connectivity index (χ1v) is 7.97. The van der Waals surface area contributed by atoms with E-state index in [2.05, 4.69) is 4.98 Å². The van der Waals surface area contributed by atoms with Gasteiger partial charge in [-0.3, -0.25) is 18.6 Å². The molecule has 21 heavy (non-hydrogen) atoms. The molecule has 0 saturated carbocycles. The molecule has 1 aromatic rings. The van der Waals surface area contributed by atoms with Gasteiger partial charge in [-0.2, -0.15) is 0 Å². The molecule has 0 aromatic carbocycles. The molecule has 0 fully saturated rings. The first kappa shape index (κ1) is 17.3. The predicted molar refractivity (Wildman–Crippen MR) is 79.8 cm³/mol. The number of hydrogen-bond donors (Lipinski definition) is 1. The van der Waals surface area contributed by atoms with Gasteiger partial charge < -0.3 is 9.72 Å². The van der Waals surface area contributed by atoms with Crippen LogP contribution in [-0.4, -0.2) is 32.6 Å². The van der Waals surface area contributed by atoms with Crippen LogP contribution in [0.1, 0.15) is 32.9 Å². The van der Waals surface area contributed by atoms with E-state index in [0.29, 0.717) is 12.3 Å². The molecule has 1 rings (SSSR count). The van der Waals surface area contributed by atoms with Gasteiger partial charge in [0, 0.05) is 28.8 Å². The van der Waals surface area contributed by atoms with Gasteiger partial charge in [0.2, 0.25) is 5.43 Å². The lowest BCUT2D eigenvalue weighted by molar-refractivity contribution is -0.124. The lowest BCUT2D eigenvalue weighted by Gasteiger charge is -2.10. The Bertz CT molecular complexity index is 594. The van der Waals surface area contributed by atoms with Gasteiger partial charge in [0.05, 0.1) is 12.4 Å². The lowest BCUT2D eigenvalue weighted by Crippen LogP contribution is -2.32. The van der Waals surface area contributed by atoms with Crippen molar-refractivity contribution in [3.63, 3.8) is 0 Å². The van der Waals surface area contributed by atoms with E-state index in [1.807, 2.05) is 6.92 Å².